The molecule has 1 aromatic carbocycles. The number of aromatic amines is 1. The molecule has 1 heterocycles. The standard InChI is InChI=1S/C18H26N2OSi/c1-11-7-12(2)15-10-17(20-16(15)8-11)18(21)19-13-5-6-14(9-13)22(3)4/h7-8,10,13-14,20,22H,5-6,9H2,1-4H3,(H,19,21)/t13-,14?/m0/s1. The predicted octanol–water partition coefficient (Wildman–Crippen LogP) is 3.92. The Morgan fingerprint density at radius 2 is 2.00 bits per heavy atom. The van der Waals surface area contributed by atoms with Crippen LogP contribution in [0.5, 0.6) is 0 Å². The summed E-state index contributed by atoms with van der Waals surface area (Å²) in [7, 11) is -0.576. The van der Waals surface area contributed by atoms with Crippen LogP contribution in [-0.4, -0.2) is 25.7 Å². The summed E-state index contributed by atoms with van der Waals surface area (Å²) >= 11 is 0. The summed E-state index contributed by atoms with van der Waals surface area (Å²) in [6.07, 6.45) is 3.60. The number of amides is 1. The van der Waals surface area contributed by atoms with Crippen LogP contribution in [-0.2, 0) is 0 Å². The number of rotatable bonds is 3. The summed E-state index contributed by atoms with van der Waals surface area (Å²) < 4.78 is 0. The molecule has 0 spiro atoms. The van der Waals surface area contributed by atoms with E-state index in [0.29, 0.717) is 11.7 Å². The van der Waals surface area contributed by atoms with E-state index in [-0.39, 0.29) is 5.91 Å². The molecular formula is C18H26N2OSi. The van der Waals surface area contributed by atoms with Gasteiger partial charge in [-0.15, -0.1) is 0 Å². The van der Waals surface area contributed by atoms with Crippen LogP contribution in [0.25, 0.3) is 10.9 Å². The Kier molecular flexibility index (Phi) is 4.13. The zero-order chi connectivity index (χ0) is 15.9. The highest BCUT2D eigenvalue weighted by molar-refractivity contribution is 6.57. The van der Waals surface area contributed by atoms with Crippen LogP contribution in [0.1, 0.15) is 40.9 Å². The van der Waals surface area contributed by atoms with Gasteiger partial charge in [0.15, 0.2) is 0 Å². The highest BCUT2D eigenvalue weighted by Gasteiger charge is 2.28. The van der Waals surface area contributed by atoms with Crippen molar-refractivity contribution in [2.75, 3.05) is 0 Å². The van der Waals surface area contributed by atoms with Crippen LogP contribution in [0.3, 0.4) is 0 Å². The summed E-state index contributed by atoms with van der Waals surface area (Å²) in [5.74, 6) is 0.0457. The number of nitrogens with one attached hydrogen (secondary N) is 2. The third-order valence-electron chi connectivity index (χ3n) is 5.09. The molecule has 3 rings (SSSR count). The monoisotopic (exact) mass is 314 g/mol. The van der Waals surface area contributed by atoms with Crippen molar-refractivity contribution in [3.05, 3.63) is 35.0 Å². The first-order valence-electron chi connectivity index (χ1n) is 8.35. The Hall–Kier alpha value is -1.55. The van der Waals surface area contributed by atoms with Gasteiger partial charge in [0.05, 0.1) is 0 Å². The van der Waals surface area contributed by atoms with Gasteiger partial charge in [0.2, 0.25) is 0 Å². The van der Waals surface area contributed by atoms with Gasteiger partial charge in [-0.25, -0.2) is 0 Å². The normalized spacial score (nSPS) is 21.7. The molecule has 22 heavy (non-hydrogen) atoms. The molecule has 1 saturated carbocycles. The van der Waals surface area contributed by atoms with E-state index in [1.807, 2.05) is 6.07 Å². The molecular weight excluding hydrogens is 288 g/mol. The first-order valence-corrected chi connectivity index (χ1v) is 11.3. The van der Waals surface area contributed by atoms with Gasteiger partial charge < -0.3 is 10.3 Å². The molecule has 118 valence electrons. The average Bonchev–Trinajstić information content (AvgIpc) is 3.05. The minimum atomic E-state index is -0.576. The van der Waals surface area contributed by atoms with Crippen molar-refractivity contribution in [3.8, 4) is 0 Å². The van der Waals surface area contributed by atoms with Crippen LogP contribution in [0, 0.1) is 13.8 Å². The van der Waals surface area contributed by atoms with Crippen molar-refractivity contribution in [3.63, 3.8) is 0 Å². The smallest absolute Gasteiger partial charge is 0.267 e. The van der Waals surface area contributed by atoms with Crippen molar-refractivity contribution in [1.29, 1.82) is 0 Å². The molecule has 2 aromatic rings. The second-order valence-corrected chi connectivity index (χ2v) is 10.6. The molecule has 0 aliphatic heterocycles. The lowest BCUT2D eigenvalue weighted by atomic mass is 10.1. The largest absolute Gasteiger partial charge is 0.351 e. The van der Waals surface area contributed by atoms with Crippen molar-refractivity contribution in [2.24, 2.45) is 0 Å². The second-order valence-electron chi connectivity index (χ2n) is 7.21. The Balaban J connectivity index is 1.74. The Morgan fingerprint density at radius 1 is 1.23 bits per heavy atom. The Bertz CT molecular complexity index is 704. The quantitative estimate of drug-likeness (QED) is 0.829. The minimum Gasteiger partial charge on any atom is -0.351 e. The zero-order valence-corrected chi connectivity index (χ0v) is 15.1. The van der Waals surface area contributed by atoms with E-state index in [0.717, 1.165) is 22.9 Å². The van der Waals surface area contributed by atoms with Gasteiger partial charge >= 0.3 is 0 Å². The number of fused-ring (bicyclic) bond motifs is 1. The van der Waals surface area contributed by atoms with Gasteiger partial charge in [0, 0.05) is 25.7 Å². The Morgan fingerprint density at radius 3 is 2.68 bits per heavy atom. The molecule has 0 radical (unpaired) electrons. The summed E-state index contributed by atoms with van der Waals surface area (Å²) in [5.41, 5.74) is 5.07. The molecule has 1 fully saturated rings. The van der Waals surface area contributed by atoms with Crippen molar-refractivity contribution < 1.29 is 4.79 Å². The maximum Gasteiger partial charge on any atom is 0.267 e. The molecule has 2 atom stereocenters. The summed E-state index contributed by atoms with van der Waals surface area (Å²) in [5, 5.41) is 4.37. The third kappa shape index (κ3) is 2.97. The van der Waals surface area contributed by atoms with Crippen LogP contribution in [0.15, 0.2) is 18.2 Å². The van der Waals surface area contributed by atoms with E-state index in [9.17, 15) is 4.79 Å². The number of aryl methyl sites for hydroxylation is 2. The van der Waals surface area contributed by atoms with Gasteiger partial charge in [-0.05, 0) is 55.5 Å². The zero-order valence-electron chi connectivity index (χ0n) is 14.0. The summed E-state index contributed by atoms with van der Waals surface area (Å²) in [4.78, 5) is 15.8. The van der Waals surface area contributed by atoms with Crippen LogP contribution in [0.2, 0.25) is 18.6 Å². The number of carbonyl (C=O) groups excluding carboxylic acids is 1. The maximum atomic E-state index is 12.5. The number of benzene rings is 1. The van der Waals surface area contributed by atoms with Crippen molar-refractivity contribution >= 4 is 25.6 Å². The number of aromatic nitrogens is 1. The van der Waals surface area contributed by atoms with Gasteiger partial charge in [0.25, 0.3) is 5.91 Å². The maximum absolute atomic E-state index is 12.5. The molecule has 1 aliphatic carbocycles. The van der Waals surface area contributed by atoms with Gasteiger partial charge in [-0.1, -0.05) is 25.6 Å². The summed E-state index contributed by atoms with van der Waals surface area (Å²) in [6.45, 7) is 9.01. The fourth-order valence-corrected chi connectivity index (χ4v) is 5.47. The molecule has 4 heteroatoms. The molecule has 1 aromatic heterocycles. The number of carbonyl (C=O) groups is 1. The lowest BCUT2D eigenvalue weighted by Crippen LogP contribution is -2.33. The lowest BCUT2D eigenvalue weighted by molar-refractivity contribution is 0.0933. The fraction of sp³-hybridized carbons (Fsp3) is 0.500. The van der Waals surface area contributed by atoms with E-state index in [1.165, 1.54) is 24.0 Å². The molecule has 1 unspecified atom stereocenters. The van der Waals surface area contributed by atoms with Gasteiger partial charge in [-0.3, -0.25) is 4.79 Å². The predicted molar refractivity (Wildman–Crippen MR) is 95.5 cm³/mol. The minimum absolute atomic E-state index is 0.0457. The van der Waals surface area contributed by atoms with E-state index in [2.05, 4.69) is 49.4 Å². The number of hydrogen-bond acceptors (Lipinski definition) is 1. The first-order chi connectivity index (χ1) is 10.4. The van der Waals surface area contributed by atoms with Crippen LogP contribution in [0.4, 0.5) is 0 Å². The third-order valence-corrected chi connectivity index (χ3v) is 7.58. The summed E-state index contributed by atoms with van der Waals surface area (Å²) in [6, 6.07) is 6.62. The molecule has 3 nitrogen and oxygen atoms in total. The first kappa shape index (κ1) is 15.3. The number of H-pyrrole nitrogens is 1. The van der Waals surface area contributed by atoms with Gasteiger partial charge in [0.1, 0.15) is 5.69 Å². The molecule has 0 saturated heterocycles. The van der Waals surface area contributed by atoms with Crippen molar-refractivity contribution in [2.45, 2.75) is 57.8 Å². The highest BCUT2D eigenvalue weighted by atomic mass is 28.3. The lowest BCUT2D eigenvalue weighted by Gasteiger charge is -2.14. The second kappa shape index (κ2) is 5.92. The van der Waals surface area contributed by atoms with Crippen LogP contribution < -0.4 is 5.32 Å². The SMILES string of the molecule is Cc1cc(C)c2cc(C(=O)N[C@H]3CCC([SiH](C)C)C3)[nH]c2c1. The topological polar surface area (TPSA) is 44.9 Å². The van der Waals surface area contributed by atoms with Crippen LogP contribution >= 0.6 is 0 Å². The van der Waals surface area contributed by atoms with Crippen molar-refractivity contribution in [1.82, 2.24) is 10.3 Å². The van der Waals surface area contributed by atoms with E-state index in [4.69, 9.17) is 0 Å². The van der Waals surface area contributed by atoms with E-state index in [1.54, 1.807) is 0 Å². The molecule has 2 N–H and O–H groups in total. The van der Waals surface area contributed by atoms with E-state index < -0.39 is 8.80 Å². The number of hydrogen-bond donors (Lipinski definition) is 2. The Labute approximate surface area is 134 Å². The fourth-order valence-electron chi connectivity index (χ4n) is 3.74. The average molecular weight is 315 g/mol. The van der Waals surface area contributed by atoms with E-state index >= 15 is 0 Å². The molecule has 1 amide bonds. The molecule has 1 aliphatic rings. The van der Waals surface area contributed by atoms with Gasteiger partial charge in [-0.2, -0.15) is 0 Å². The molecule has 0 bridgehead atoms. The highest BCUT2D eigenvalue weighted by Crippen LogP contribution is 2.33.